The number of fused-ring (bicyclic) bond motifs is 3. The lowest BCUT2D eigenvalue weighted by Gasteiger charge is -2.18. The molecule has 1 atom stereocenters. The van der Waals surface area contributed by atoms with Gasteiger partial charge in [-0.3, -0.25) is 4.79 Å². The zero-order valence-electron chi connectivity index (χ0n) is 17.5. The van der Waals surface area contributed by atoms with Crippen LogP contribution in [0.15, 0.2) is 29.3 Å². The molecule has 0 saturated heterocycles. The van der Waals surface area contributed by atoms with Gasteiger partial charge in [-0.05, 0) is 55.7 Å². The molecule has 168 valence electrons. The molecular weight excluding hydrogens is 455 g/mol. The molecule has 32 heavy (non-hydrogen) atoms. The van der Waals surface area contributed by atoms with Crippen molar-refractivity contribution in [1.29, 1.82) is 0 Å². The molecule has 5 rings (SSSR count). The average molecular weight is 478 g/mol. The van der Waals surface area contributed by atoms with Crippen molar-refractivity contribution in [3.8, 4) is 0 Å². The van der Waals surface area contributed by atoms with Crippen molar-refractivity contribution in [2.24, 2.45) is 5.92 Å². The third-order valence-electron chi connectivity index (χ3n) is 5.93. The van der Waals surface area contributed by atoms with E-state index in [2.05, 4.69) is 12.2 Å². The number of benzene rings is 1. The third-order valence-corrected chi connectivity index (χ3v) is 8.05. The molecule has 1 fully saturated rings. The molecule has 1 saturated carbocycles. The summed E-state index contributed by atoms with van der Waals surface area (Å²) in [5.41, 5.74) is 0.217. The minimum absolute atomic E-state index is 0.0105. The molecule has 4 nitrogen and oxygen atoms in total. The Bertz CT molecular complexity index is 1190. The maximum absolute atomic E-state index is 13.2. The second-order valence-electron chi connectivity index (χ2n) is 8.57. The highest BCUT2D eigenvalue weighted by molar-refractivity contribution is 8.00. The zero-order chi connectivity index (χ0) is 22.5. The number of anilines is 1. The molecule has 2 aliphatic rings. The molecule has 0 spiro atoms. The highest BCUT2D eigenvalue weighted by Gasteiger charge is 2.34. The van der Waals surface area contributed by atoms with Crippen LogP contribution in [0, 0.1) is 5.92 Å². The number of hydrogen-bond acceptors (Lipinski definition) is 5. The lowest BCUT2D eigenvalue weighted by Crippen LogP contribution is -2.18. The van der Waals surface area contributed by atoms with Gasteiger partial charge in [-0.25, -0.2) is 9.97 Å². The Morgan fingerprint density at radius 3 is 2.75 bits per heavy atom. The predicted octanol–water partition coefficient (Wildman–Crippen LogP) is 6.44. The number of halogens is 3. The summed E-state index contributed by atoms with van der Waals surface area (Å²) >= 11 is 3.02. The Hall–Kier alpha value is -2.13. The first-order valence-corrected chi connectivity index (χ1v) is 12.5. The van der Waals surface area contributed by atoms with Crippen molar-refractivity contribution in [1.82, 2.24) is 9.97 Å². The van der Waals surface area contributed by atoms with E-state index in [0.717, 1.165) is 59.2 Å². The summed E-state index contributed by atoms with van der Waals surface area (Å²) in [6.07, 6.45) is 0.748. The maximum Gasteiger partial charge on any atom is 0.418 e. The van der Waals surface area contributed by atoms with Gasteiger partial charge >= 0.3 is 6.18 Å². The molecule has 9 heteroatoms. The van der Waals surface area contributed by atoms with E-state index in [9.17, 15) is 18.0 Å². The molecular formula is C23H22F3N3OS2. The first kappa shape index (κ1) is 21.7. The second kappa shape index (κ2) is 8.33. The van der Waals surface area contributed by atoms with E-state index in [1.807, 2.05) is 0 Å². The molecule has 1 N–H and O–H groups in total. The van der Waals surface area contributed by atoms with Gasteiger partial charge in [0.05, 0.1) is 17.0 Å². The number of amides is 1. The van der Waals surface area contributed by atoms with Crippen LogP contribution in [-0.2, 0) is 23.8 Å². The molecule has 0 radical (unpaired) electrons. The lowest BCUT2D eigenvalue weighted by atomic mass is 9.89. The Morgan fingerprint density at radius 2 is 2.00 bits per heavy atom. The van der Waals surface area contributed by atoms with Crippen LogP contribution < -0.4 is 5.32 Å². The van der Waals surface area contributed by atoms with Crippen LogP contribution in [-0.4, -0.2) is 21.6 Å². The van der Waals surface area contributed by atoms with Crippen molar-refractivity contribution >= 4 is 44.9 Å². The van der Waals surface area contributed by atoms with Gasteiger partial charge in [0.2, 0.25) is 5.91 Å². The van der Waals surface area contributed by atoms with Crippen LogP contribution in [0.3, 0.4) is 0 Å². The number of carbonyl (C=O) groups excluding carboxylic acids is 1. The SMILES string of the molecule is CC1CCc2c(sc3nc(C4CC4)nc(SCC(=O)Nc4ccccc4C(F)(F)F)c23)C1. The number of alkyl halides is 3. The Kier molecular flexibility index (Phi) is 5.65. The van der Waals surface area contributed by atoms with Gasteiger partial charge in [0.25, 0.3) is 0 Å². The number of aryl methyl sites for hydroxylation is 1. The number of carbonyl (C=O) groups is 1. The third kappa shape index (κ3) is 4.37. The first-order chi connectivity index (χ1) is 15.3. The van der Waals surface area contributed by atoms with E-state index in [1.165, 1.54) is 40.4 Å². The van der Waals surface area contributed by atoms with Gasteiger partial charge in [0.15, 0.2) is 0 Å². The molecule has 0 aliphatic heterocycles. The smallest absolute Gasteiger partial charge is 0.325 e. The highest BCUT2D eigenvalue weighted by atomic mass is 32.2. The fourth-order valence-electron chi connectivity index (χ4n) is 4.11. The van der Waals surface area contributed by atoms with E-state index < -0.39 is 17.6 Å². The Labute approximate surface area is 192 Å². The van der Waals surface area contributed by atoms with Crippen LogP contribution in [0.4, 0.5) is 18.9 Å². The minimum Gasteiger partial charge on any atom is -0.325 e. The quantitative estimate of drug-likeness (QED) is 0.339. The van der Waals surface area contributed by atoms with Crippen LogP contribution in [0.2, 0.25) is 0 Å². The molecule has 1 amide bonds. The van der Waals surface area contributed by atoms with Crippen molar-refractivity contribution in [3.05, 3.63) is 46.1 Å². The first-order valence-electron chi connectivity index (χ1n) is 10.7. The molecule has 1 unspecified atom stereocenters. The van der Waals surface area contributed by atoms with E-state index >= 15 is 0 Å². The molecule has 2 heterocycles. The summed E-state index contributed by atoms with van der Waals surface area (Å²) < 4.78 is 39.7. The number of thiophene rings is 1. The molecule has 1 aromatic carbocycles. The maximum atomic E-state index is 13.2. The van der Waals surface area contributed by atoms with Gasteiger partial charge in [0.1, 0.15) is 15.7 Å². The fraction of sp³-hybridized carbons (Fsp3) is 0.435. The summed E-state index contributed by atoms with van der Waals surface area (Å²) in [7, 11) is 0. The number of thioether (sulfide) groups is 1. The standard InChI is InChI=1S/C23H22F3N3OS2/c1-12-6-9-14-17(10-12)32-22-19(14)21(28-20(29-22)13-7-8-13)31-11-18(30)27-16-5-3-2-4-15(16)23(24,25)26/h2-5,12-13H,6-11H2,1H3,(H,27,30). The van der Waals surface area contributed by atoms with Gasteiger partial charge in [-0.2, -0.15) is 13.2 Å². The van der Waals surface area contributed by atoms with Gasteiger partial charge < -0.3 is 5.32 Å². The van der Waals surface area contributed by atoms with Crippen LogP contribution >= 0.6 is 23.1 Å². The number of aromatic nitrogens is 2. The Morgan fingerprint density at radius 1 is 1.22 bits per heavy atom. The summed E-state index contributed by atoms with van der Waals surface area (Å²) in [5.74, 6) is 1.36. The number of para-hydroxylation sites is 1. The molecule has 3 aromatic rings. The van der Waals surface area contributed by atoms with Crippen molar-refractivity contribution in [2.45, 2.75) is 56.1 Å². The fourth-order valence-corrected chi connectivity index (χ4v) is 6.43. The molecule has 0 bridgehead atoms. The second-order valence-corrected chi connectivity index (χ2v) is 10.6. The highest BCUT2D eigenvalue weighted by Crippen LogP contribution is 2.44. The molecule has 2 aliphatic carbocycles. The summed E-state index contributed by atoms with van der Waals surface area (Å²) in [5, 5.41) is 4.24. The van der Waals surface area contributed by atoms with E-state index in [1.54, 1.807) is 11.3 Å². The summed E-state index contributed by atoms with van der Waals surface area (Å²) in [4.78, 5) is 24.5. The number of hydrogen-bond donors (Lipinski definition) is 1. The van der Waals surface area contributed by atoms with Crippen LogP contribution in [0.25, 0.3) is 10.2 Å². The topological polar surface area (TPSA) is 54.9 Å². The number of nitrogens with one attached hydrogen (secondary N) is 1. The predicted molar refractivity (Wildman–Crippen MR) is 121 cm³/mol. The monoisotopic (exact) mass is 477 g/mol. The number of nitrogens with zero attached hydrogens (tertiary/aromatic N) is 2. The Balaban J connectivity index is 1.40. The van der Waals surface area contributed by atoms with Gasteiger partial charge in [-0.15, -0.1) is 11.3 Å². The van der Waals surface area contributed by atoms with Crippen molar-refractivity contribution in [3.63, 3.8) is 0 Å². The number of rotatable bonds is 5. The van der Waals surface area contributed by atoms with E-state index in [4.69, 9.17) is 9.97 Å². The van der Waals surface area contributed by atoms with Gasteiger partial charge in [-0.1, -0.05) is 30.8 Å². The summed E-state index contributed by atoms with van der Waals surface area (Å²) in [6, 6.07) is 5.03. The minimum atomic E-state index is -4.53. The lowest BCUT2D eigenvalue weighted by molar-refractivity contribution is -0.137. The molecule has 2 aromatic heterocycles. The largest absolute Gasteiger partial charge is 0.418 e. The van der Waals surface area contributed by atoms with Crippen molar-refractivity contribution in [2.75, 3.05) is 11.1 Å². The average Bonchev–Trinajstić information content (AvgIpc) is 3.52. The zero-order valence-corrected chi connectivity index (χ0v) is 19.1. The van der Waals surface area contributed by atoms with E-state index in [-0.39, 0.29) is 11.4 Å². The van der Waals surface area contributed by atoms with E-state index in [0.29, 0.717) is 11.8 Å². The van der Waals surface area contributed by atoms with Crippen LogP contribution in [0.1, 0.15) is 53.9 Å². The van der Waals surface area contributed by atoms with Gasteiger partial charge in [0, 0.05) is 16.2 Å². The normalized spacial score (nSPS) is 18.6. The van der Waals surface area contributed by atoms with Crippen LogP contribution in [0.5, 0.6) is 0 Å². The summed E-state index contributed by atoms with van der Waals surface area (Å²) in [6.45, 7) is 2.26. The van der Waals surface area contributed by atoms with Crippen molar-refractivity contribution < 1.29 is 18.0 Å².